The molecule has 0 spiro atoms. The van der Waals surface area contributed by atoms with Gasteiger partial charge in [-0.2, -0.15) is 0 Å². The van der Waals surface area contributed by atoms with Gasteiger partial charge in [-0.3, -0.25) is 4.79 Å². The van der Waals surface area contributed by atoms with Crippen LogP contribution in [0.2, 0.25) is 0 Å². The van der Waals surface area contributed by atoms with E-state index in [-0.39, 0.29) is 29.8 Å². The monoisotopic (exact) mass is 477 g/mol. The highest BCUT2D eigenvalue weighted by atomic mass is 19.1. The molecule has 0 saturated carbocycles. The first-order chi connectivity index (χ1) is 17.0. The number of benzene rings is 2. The van der Waals surface area contributed by atoms with E-state index in [1.165, 1.54) is 12.1 Å². The fraction of sp³-hybridized carbons (Fsp3) is 0.429. The maximum absolute atomic E-state index is 13.5. The van der Waals surface area contributed by atoms with Crippen molar-refractivity contribution in [3.05, 3.63) is 78.1 Å². The Morgan fingerprint density at radius 1 is 1.14 bits per heavy atom. The third-order valence-corrected chi connectivity index (χ3v) is 7.57. The van der Waals surface area contributed by atoms with Crippen LogP contribution in [0.4, 0.5) is 4.39 Å². The highest BCUT2D eigenvalue weighted by Gasteiger charge is 2.32. The minimum Gasteiger partial charge on any atom is -0.390 e. The van der Waals surface area contributed by atoms with Crippen molar-refractivity contribution in [2.45, 2.75) is 38.3 Å². The van der Waals surface area contributed by atoms with Gasteiger partial charge in [0.1, 0.15) is 11.5 Å². The largest absolute Gasteiger partial charge is 0.390 e. The Kier molecular flexibility index (Phi) is 6.97. The maximum atomic E-state index is 13.5. The van der Waals surface area contributed by atoms with Crippen molar-refractivity contribution in [3.63, 3.8) is 0 Å². The zero-order valence-electron chi connectivity index (χ0n) is 20.0. The Labute approximate surface area is 205 Å². The van der Waals surface area contributed by atoms with E-state index in [0.29, 0.717) is 37.9 Å². The molecular formula is C28H32FN3O3. The first-order valence-corrected chi connectivity index (χ1v) is 12.4. The summed E-state index contributed by atoms with van der Waals surface area (Å²) in [6.07, 6.45) is 5.84. The van der Waals surface area contributed by atoms with Crippen molar-refractivity contribution in [1.82, 2.24) is 14.5 Å². The highest BCUT2D eigenvalue weighted by molar-refractivity contribution is 5.92. The summed E-state index contributed by atoms with van der Waals surface area (Å²) in [6, 6.07) is 14.4. The van der Waals surface area contributed by atoms with Gasteiger partial charge in [0.15, 0.2) is 0 Å². The molecule has 2 saturated heterocycles. The summed E-state index contributed by atoms with van der Waals surface area (Å²) in [5.74, 6) is 0.451. The van der Waals surface area contributed by atoms with Gasteiger partial charge in [-0.05, 0) is 60.9 Å². The number of aliphatic hydroxyl groups is 1. The van der Waals surface area contributed by atoms with E-state index in [9.17, 15) is 14.3 Å². The van der Waals surface area contributed by atoms with Gasteiger partial charge in [0.2, 0.25) is 0 Å². The standard InChI is InChI=1S/C28H32FN3O3/c1-19(24-4-2-3-5-25(24)21-6-8-23(29)9-7-21)32-18-30-15-26(32)28(34)31-12-10-20(11-13-31)14-22-16-35-17-27(22)33/h2-9,15,18-20,22,27,33H,10-14,16-17H2,1H3/t19-,22?,27+/m0/s1. The molecule has 0 radical (unpaired) electrons. The molecule has 6 nitrogen and oxygen atoms in total. The van der Waals surface area contributed by atoms with Crippen LogP contribution in [0.1, 0.15) is 48.3 Å². The molecule has 2 fully saturated rings. The normalized spacial score (nSPS) is 21.9. The van der Waals surface area contributed by atoms with E-state index in [4.69, 9.17) is 4.74 Å². The number of carbonyl (C=O) groups is 1. The molecule has 3 heterocycles. The van der Waals surface area contributed by atoms with Crippen molar-refractivity contribution in [1.29, 1.82) is 0 Å². The third kappa shape index (κ3) is 5.02. The van der Waals surface area contributed by atoms with Gasteiger partial charge in [0, 0.05) is 19.0 Å². The van der Waals surface area contributed by atoms with E-state index < -0.39 is 0 Å². The quantitative estimate of drug-likeness (QED) is 0.566. The number of nitrogens with zero attached hydrogens (tertiary/aromatic N) is 3. The van der Waals surface area contributed by atoms with Crippen LogP contribution in [0, 0.1) is 17.7 Å². The van der Waals surface area contributed by atoms with Crippen molar-refractivity contribution < 1.29 is 19.0 Å². The minimum atomic E-state index is -0.358. The van der Waals surface area contributed by atoms with Gasteiger partial charge in [0.05, 0.1) is 37.9 Å². The average Bonchev–Trinajstić information content (AvgIpc) is 3.53. The molecule has 7 heteroatoms. The second-order valence-corrected chi connectivity index (χ2v) is 9.79. The van der Waals surface area contributed by atoms with Crippen LogP contribution in [-0.2, 0) is 4.74 Å². The number of imidazole rings is 1. The molecule has 5 rings (SSSR count). The first kappa shape index (κ1) is 23.7. The Balaban J connectivity index is 1.30. The van der Waals surface area contributed by atoms with E-state index in [2.05, 4.69) is 11.9 Å². The van der Waals surface area contributed by atoms with Gasteiger partial charge in [-0.1, -0.05) is 36.4 Å². The van der Waals surface area contributed by atoms with Crippen LogP contribution in [0.3, 0.4) is 0 Å². The van der Waals surface area contributed by atoms with E-state index in [1.54, 1.807) is 24.7 Å². The predicted octanol–water partition coefficient (Wildman–Crippen LogP) is 4.55. The number of hydrogen-bond acceptors (Lipinski definition) is 4. The van der Waals surface area contributed by atoms with Crippen LogP contribution < -0.4 is 0 Å². The van der Waals surface area contributed by atoms with Crippen molar-refractivity contribution in [2.24, 2.45) is 11.8 Å². The molecule has 1 amide bonds. The lowest BCUT2D eigenvalue weighted by molar-refractivity contribution is 0.0644. The lowest BCUT2D eigenvalue weighted by atomic mass is 9.86. The van der Waals surface area contributed by atoms with Gasteiger partial charge < -0.3 is 19.3 Å². The summed E-state index contributed by atoms with van der Waals surface area (Å²) in [7, 11) is 0. The number of rotatable bonds is 6. The molecule has 3 atom stereocenters. The molecule has 1 aromatic heterocycles. The van der Waals surface area contributed by atoms with Crippen molar-refractivity contribution >= 4 is 5.91 Å². The average molecular weight is 478 g/mol. The van der Waals surface area contributed by atoms with E-state index in [1.807, 2.05) is 33.7 Å². The summed E-state index contributed by atoms with van der Waals surface area (Å²) in [4.78, 5) is 19.7. The Morgan fingerprint density at radius 2 is 1.89 bits per heavy atom. The molecule has 0 aliphatic carbocycles. The van der Waals surface area contributed by atoms with Crippen molar-refractivity contribution in [3.8, 4) is 11.1 Å². The zero-order chi connectivity index (χ0) is 24.4. The van der Waals surface area contributed by atoms with Crippen LogP contribution in [0.25, 0.3) is 11.1 Å². The fourth-order valence-corrected chi connectivity index (χ4v) is 5.46. The molecule has 1 unspecified atom stereocenters. The Morgan fingerprint density at radius 3 is 2.60 bits per heavy atom. The molecular weight excluding hydrogens is 445 g/mol. The summed E-state index contributed by atoms with van der Waals surface area (Å²) >= 11 is 0. The van der Waals surface area contributed by atoms with Gasteiger partial charge >= 0.3 is 0 Å². The molecule has 2 aliphatic rings. The molecule has 2 aliphatic heterocycles. The smallest absolute Gasteiger partial charge is 0.272 e. The number of ether oxygens (including phenoxy) is 1. The number of piperidine rings is 1. The molecule has 0 bridgehead atoms. The SMILES string of the molecule is C[C@@H](c1ccccc1-c1ccc(F)cc1)n1cncc1C(=O)N1CCC(CC2COC[C@H]2O)CC1. The van der Waals surface area contributed by atoms with E-state index in [0.717, 1.165) is 36.0 Å². The highest BCUT2D eigenvalue weighted by Crippen LogP contribution is 2.32. The summed E-state index contributed by atoms with van der Waals surface area (Å²) < 4.78 is 20.8. The Hall–Kier alpha value is -3.03. The number of hydrogen-bond donors (Lipinski definition) is 1. The van der Waals surface area contributed by atoms with Gasteiger partial charge in [-0.15, -0.1) is 0 Å². The third-order valence-electron chi connectivity index (χ3n) is 7.57. The lowest BCUT2D eigenvalue weighted by Crippen LogP contribution is -2.40. The summed E-state index contributed by atoms with van der Waals surface area (Å²) in [6.45, 7) is 4.55. The van der Waals surface area contributed by atoms with Crippen LogP contribution in [0.15, 0.2) is 61.1 Å². The minimum absolute atomic E-state index is 0.00343. The first-order valence-electron chi connectivity index (χ1n) is 12.4. The number of carbonyl (C=O) groups excluding carboxylic acids is 1. The number of likely N-dealkylation sites (tertiary alicyclic amines) is 1. The van der Waals surface area contributed by atoms with Crippen molar-refractivity contribution in [2.75, 3.05) is 26.3 Å². The summed E-state index contributed by atoms with van der Waals surface area (Å²) in [5, 5.41) is 10.0. The van der Waals surface area contributed by atoms with Crippen LogP contribution >= 0.6 is 0 Å². The molecule has 2 aromatic carbocycles. The fourth-order valence-electron chi connectivity index (χ4n) is 5.46. The summed E-state index contributed by atoms with van der Waals surface area (Å²) in [5.41, 5.74) is 3.55. The van der Waals surface area contributed by atoms with Crippen LogP contribution in [-0.4, -0.2) is 57.9 Å². The molecule has 184 valence electrons. The number of aliphatic hydroxyl groups excluding tert-OH is 1. The Bertz CT molecular complexity index is 1150. The topological polar surface area (TPSA) is 67.6 Å². The van der Waals surface area contributed by atoms with Gasteiger partial charge in [0.25, 0.3) is 5.91 Å². The van der Waals surface area contributed by atoms with Gasteiger partial charge in [-0.25, -0.2) is 9.37 Å². The molecule has 1 N–H and O–H groups in total. The van der Waals surface area contributed by atoms with Crippen LogP contribution in [0.5, 0.6) is 0 Å². The predicted molar refractivity (Wildman–Crippen MR) is 131 cm³/mol. The number of halogens is 1. The molecule has 35 heavy (non-hydrogen) atoms. The zero-order valence-corrected chi connectivity index (χ0v) is 20.0. The second-order valence-electron chi connectivity index (χ2n) is 9.79. The molecule has 3 aromatic rings. The maximum Gasteiger partial charge on any atom is 0.272 e. The second kappa shape index (κ2) is 10.3. The number of aromatic nitrogens is 2. The number of amides is 1. The van der Waals surface area contributed by atoms with E-state index >= 15 is 0 Å². The lowest BCUT2D eigenvalue weighted by Gasteiger charge is -2.33.